The fraction of sp³-hybridized carbons (Fsp3) is 0. The Balaban J connectivity index is 3.39. The highest BCUT2D eigenvalue weighted by atomic mass is 79.9. The van der Waals surface area contributed by atoms with Gasteiger partial charge in [-0.3, -0.25) is 4.79 Å². The fourth-order valence-electron chi connectivity index (χ4n) is 0.625. The van der Waals surface area contributed by atoms with Crippen LogP contribution in [0.15, 0.2) is 21.5 Å². The molecule has 1 aromatic rings. The molecule has 1 heterocycles. The SMILES string of the molecule is O=C(O)c1cc[nH]c(=O)c1Br. The lowest BCUT2D eigenvalue weighted by atomic mass is 10.3. The Labute approximate surface area is 70.0 Å². The van der Waals surface area contributed by atoms with Crippen LogP contribution in [0.4, 0.5) is 0 Å². The first-order chi connectivity index (χ1) is 5.13. The number of aromatic carboxylic acids is 1. The zero-order valence-electron chi connectivity index (χ0n) is 5.30. The van der Waals surface area contributed by atoms with Crippen molar-refractivity contribution in [1.29, 1.82) is 0 Å². The van der Waals surface area contributed by atoms with E-state index in [-0.39, 0.29) is 10.0 Å². The van der Waals surface area contributed by atoms with Gasteiger partial charge in [0.05, 0.1) is 10.0 Å². The minimum Gasteiger partial charge on any atom is -0.478 e. The highest BCUT2D eigenvalue weighted by Crippen LogP contribution is 2.09. The molecule has 0 aliphatic heterocycles. The quantitative estimate of drug-likeness (QED) is 0.733. The smallest absolute Gasteiger partial charge is 0.337 e. The van der Waals surface area contributed by atoms with Gasteiger partial charge in [0.25, 0.3) is 5.56 Å². The van der Waals surface area contributed by atoms with Gasteiger partial charge in [0.15, 0.2) is 0 Å². The number of carboxylic acid groups (broad SMARTS) is 1. The van der Waals surface area contributed by atoms with Crippen LogP contribution in [0.2, 0.25) is 0 Å². The van der Waals surface area contributed by atoms with E-state index in [1.54, 1.807) is 0 Å². The molecule has 0 amide bonds. The molecule has 5 heteroatoms. The van der Waals surface area contributed by atoms with E-state index in [0.717, 1.165) is 0 Å². The van der Waals surface area contributed by atoms with E-state index < -0.39 is 11.5 Å². The van der Waals surface area contributed by atoms with Crippen molar-refractivity contribution in [2.24, 2.45) is 0 Å². The number of aromatic nitrogens is 1. The van der Waals surface area contributed by atoms with Crippen LogP contribution in [0.25, 0.3) is 0 Å². The normalized spacial score (nSPS) is 9.55. The first-order valence-electron chi connectivity index (χ1n) is 2.73. The lowest BCUT2D eigenvalue weighted by Crippen LogP contribution is -2.11. The Hall–Kier alpha value is -1.10. The molecule has 0 radical (unpaired) electrons. The molecule has 0 aliphatic carbocycles. The van der Waals surface area contributed by atoms with Gasteiger partial charge in [-0.25, -0.2) is 4.79 Å². The number of carbonyl (C=O) groups is 1. The van der Waals surface area contributed by atoms with Crippen LogP contribution in [0.3, 0.4) is 0 Å². The third-order valence-corrected chi connectivity index (χ3v) is 1.92. The highest BCUT2D eigenvalue weighted by molar-refractivity contribution is 9.10. The number of hydrogen-bond acceptors (Lipinski definition) is 2. The molecule has 0 aliphatic rings. The summed E-state index contributed by atoms with van der Waals surface area (Å²) in [5.41, 5.74) is -0.473. The summed E-state index contributed by atoms with van der Waals surface area (Å²) in [6.07, 6.45) is 1.29. The van der Waals surface area contributed by atoms with Gasteiger partial charge in [0.2, 0.25) is 0 Å². The van der Waals surface area contributed by atoms with Crippen LogP contribution in [-0.4, -0.2) is 16.1 Å². The molecular weight excluding hydrogens is 214 g/mol. The molecule has 0 unspecified atom stereocenters. The predicted octanol–water partition coefficient (Wildman–Crippen LogP) is 0.836. The van der Waals surface area contributed by atoms with E-state index in [0.29, 0.717) is 0 Å². The number of nitrogens with one attached hydrogen (secondary N) is 1. The number of carboxylic acids is 1. The van der Waals surface area contributed by atoms with Gasteiger partial charge >= 0.3 is 5.97 Å². The van der Waals surface area contributed by atoms with E-state index in [4.69, 9.17) is 5.11 Å². The summed E-state index contributed by atoms with van der Waals surface area (Å²) in [7, 11) is 0. The summed E-state index contributed by atoms with van der Waals surface area (Å²) in [5.74, 6) is -1.12. The molecule has 2 N–H and O–H groups in total. The van der Waals surface area contributed by atoms with E-state index in [1.807, 2.05) is 0 Å². The molecule has 0 fully saturated rings. The average Bonchev–Trinajstić information content (AvgIpc) is 1.94. The third kappa shape index (κ3) is 1.48. The zero-order chi connectivity index (χ0) is 8.43. The molecule has 0 aromatic carbocycles. The molecule has 1 aromatic heterocycles. The second-order valence-corrected chi connectivity index (χ2v) is 2.63. The van der Waals surface area contributed by atoms with Crippen LogP contribution in [-0.2, 0) is 0 Å². The van der Waals surface area contributed by atoms with Crippen molar-refractivity contribution < 1.29 is 9.90 Å². The topological polar surface area (TPSA) is 70.2 Å². The van der Waals surface area contributed by atoms with Crippen molar-refractivity contribution in [3.05, 3.63) is 32.7 Å². The van der Waals surface area contributed by atoms with Crippen molar-refractivity contribution in [1.82, 2.24) is 4.98 Å². The number of aromatic amines is 1. The number of pyridine rings is 1. The minimum absolute atomic E-state index is 0.0336. The number of rotatable bonds is 1. The monoisotopic (exact) mass is 217 g/mol. The van der Waals surface area contributed by atoms with E-state index in [1.165, 1.54) is 12.3 Å². The highest BCUT2D eigenvalue weighted by Gasteiger charge is 2.09. The molecule has 0 saturated carbocycles. The molecule has 0 atom stereocenters. The standard InChI is InChI=1S/C6H4BrNO3/c7-4-3(6(10)11)1-2-8-5(4)9/h1-2H,(H,8,9)(H,10,11). The Morgan fingerprint density at radius 1 is 1.64 bits per heavy atom. The fourth-order valence-corrected chi connectivity index (χ4v) is 1.04. The third-order valence-electron chi connectivity index (χ3n) is 1.13. The first-order valence-corrected chi connectivity index (χ1v) is 3.52. The van der Waals surface area contributed by atoms with Gasteiger partial charge in [0.1, 0.15) is 0 Å². The first kappa shape index (κ1) is 8.00. The van der Waals surface area contributed by atoms with Crippen molar-refractivity contribution >= 4 is 21.9 Å². The molecule has 11 heavy (non-hydrogen) atoms. The van der Waals surface area contributed by atoms with Crippen molar-refractivity contribution in [2.45, 2.75) is 0 Å². The molecule has 0 saturated heterocycles. The van der Waals surface area contributed by atoms with Gasteiger partial charge in [0, 0.05) is 6.20 Å². The van der Waals surface area contributed by atoms with Crippen LogP contribution in [0.1, 0.15) is 10.4 Å². The van der Waals surface area contributed by atoms with Crippen molar-refractivity contribution in [3.63, 3.8) is 0 Å². The van der Waals surface area contributed by atoms with Crippen LogP contribution < -0.4 is 5.56 Å². The average molecular weight is 218 g/mol. The Morgan fingerprint density at radius 3 is 2.73 bits per heavy atom. The zero-order valence-corrected chi connectivity index (χ0v) is 6.88. The Bertz CT molecular complexity index is 344. The maximum atomic E-state index is 10.8. The molecular formula is C6H4BrNO3. The largest absolute Gasteiger partial charge is 0.478 e. The Morgan fingerprint density at radius 2 is 2.27 bits per heavy atom. The summed E-state index contributed by atoms with van der Waals surface area (Å²) in [6, 6.07) is 1.31. The minimum atomic E-state index is -1.12. The van der Waals surface area contributed by atoms with Crippen molar-refractivity contribution in [2.75, 3.05) is 0 Å². The van der Waals surface area contributed by atoms with Gasteiger partial charge < -0.3 is 10.1 Å². The van der Waals surface area contributed by atoms with Crippen LogP contribution in [0, 0.1) is 0 Å². The summed E-state index contributed by atoms with van der Waals surface area (Å²) in [4.78, 5) is 23.5. The van der Waals surface area contributed by atoms with Crippen LogP contribution >= 0.6 is 15.9 Å². The second-order valence-electron chi connectivity index (χ2n) is 1.84. The number of hydrogen-bond donors (Lipinski definition) is 2. The summed E-state index contributed by atoms with van der Waals surface area (Å²) >= 11 is 2.86. The molecule has 4 nitrogen and oxygen atoms in total. The predicted molar refractivity (Wildman–Crippen MR) is 41.7 cm³/mol. The van der Waals surface area contributed by atoms with Gasteiger partial charge in [-0.2, -0.15) is 0 Å². The maximum absolute atomic E-state index is 10.8. The number of halogens is 1. The molecule has 0 spiro atoms. The second kappa shape index (κ2) is 2.87. The molecule has 0 bridgehead atoms. The molecule has 1 rings (SSSR count). The Kier molecular flexibility index (Phi) is 2.09. The van der Waals surface area contributed by atoms with E-state index in [2.05, 4.69) is 20.9 Å². The van der Waals surface area contributed by atoms with Crippen LogP contribution in [0.5, 0.6) is 0 Å². The van der Waals surface area contributed by atoms with Gasteiger partial charge in [-0.15, -0.1) is 0 Å². The van der Waals surface area contributed by atoms with E-state index >= 15 is 0 Å². The lowest BCUT2D eigenvalue weighted by molar-refractivity contribution is 0.0695. The molecule has 58 valence electrons. The number of H-pyrrole nitrogens is 1. The van der Waals surface area contributed by atoms with E-state index in [9.17, 15) is 9.59 Å². The summed E-state index contributed by atoms with van der Waals surface area (Å²) < 4.78 is 0.0486. The van der Waals surface area contributed by atoms with Crippen molar-refractivity contribution in [3.8, 4) is 0 Å². The van der Waals surface area contributed by atoms with Gasteiger partial charge in [-0.1, -0.05) is 0 Å². The maximum Gasteiger partial charge on any atom is 0.337 e. The van der Waals surface area contributed by atoms with Gasteiger partial charge in [-0.05, 0) is 22.0 Å². The summed E-state index contributed by atoms with van der Waals surface area (Å²) in [6.45, 7) is 0. The lowest BCUT2D eigenvalue weighted by Gasteiger charge is -1.94. The summed E-state index contributed by atoms with van der Waals surface area (Å²) in [5, 5.41) is 8.51.